The average Bonchev–Trinajstić information content (AvgIpc) is 3.21. The summed E-state index contributed by atoms with van der Waals surface area (Å²) in [4.78, 5) is 16.1. The van der Waals surface area contributed by atoms with Gasteiger partial charge in [-0.25, -0.2) is 0 Å². The lowest BCUT2D eigenvalue weighted by molar-refractivity contribution is 0.0930. The second-order valence-electron chi connectivity index (χ2n) is 5.83. The number of carbonyl (C=O) groups is 1. The molecule has 1 aromatic heterocycles. The Labute approximate surface area is 123 Å². The summed E-state index contributed by atoms with van der Waals surface area (Å²) in [6.07, 6.45) is 5.59. The normalized spacial score (nSPS) is 15.5. The van der Waals surface area contributed by atoms with Crippen LogP contribution >= 0.6 is 0 Å². The van der Waals surface area contributed by atoms with Crippen LogP contribution in [0.25, 0.3) is 0 Å². The lowest BCUT2D eigenvalue weighted by Crippen LogP contribution is -2.38. The molecule has 108 valence electrons. The number of hydrogen-bond acceptors (Lipinski definition) is 3. The van der Waals surface area contributed by atoms with E-state index in [1.54, 1.807) is 0 Å². The Balaban J connectivity index is 1.69. The lowest BCUT2D eigenvalue weighted by Gasteiger charge is -2.17. The monoisotopic (exact) mass is 282 g/mol. The third-order valence-electron chi connectivity index (χ3n) is 3.88. The SMILES string of the molecule is Cc1ccc(CC2(NC(=O)c3cncc(O)c3)CC2)cc1. The molecule has 4 heteroatoms. The van der Waals surface area contributed by atoms with Crippen molar-refractivity contribution in [1.29, 1.82) is 0 Å². The predicted octanol–water partition coefficient (Wildman–Crippen LogP) is 2.60. The van der Waals surface area contributed by atoms with Crippen molar-refractivity contribution in [3.8, 4) is 5.75 Å². The van der Waals surface area contributed by atoms with Gasteiger partial charge in [0.25, 0.3) is 5.91 Å². The van der Waals surface area contributed by atoms with E-state index < -0.39 is 0 Å². The summed E-state index contributed by atoms with van der Waals surface area (Å²) in [7, 11) is 0. The fourth-order valence-corrected chi connectivity index (χ4v) is 2.46. The standard InChI is InChI=1S/C17H18N2O2/c1-12-2-4-13(5-3-12)9-17(6-7-17)19-16(21)14-8-15(20)11-18-10-14/h2-5,8,10-11,20H,6-7,9H2,1H3,(H,19,21). The molecule has 2 aromatic rings. The number of carbonyl (C=O) groups excluding carboxylic acids is 1. The van der Waals surface area contributed by atoms with E-state index in [0.717, 1.165) is 19.3 Å². The smallest absolute Gasteiger partial charge is 0.253 e. The number of aromatic hydroxyl groups is 1. The number of pyridine rings is 1. The number of aryl methyl sites for hydroxylation is 1. The zero-order valence-electron chi connectivity index (χ0n) is 12.0. The summed E-state index contributed by atoms with van der Waals surface area (Å²) in [5.41, 5.74) is 2.72. The topological polar surface area (TPSA) is 62.2 Å². The van der Waals surface area contributed by atoms with Crippen LogP contribution in [0, 0.1) is 6.92 Å². The highest BCUT2D eigenvalue weighted by atomic mass is 16.3. The summed E-state index contributed by atoms with van der Waals surface area (Å²) in [6.45, 7) is 2.06. The molecular formula is C17H18N2O2. The van der Waals surface area contributed by atoms with Crippen molar-refractivity contribution >= 4 is 5.91 Å². The van der Waals surface area contributed by atoms with Crippen LogP contribution in [0.3, 0.4) is 0 Å². The van der Waals surface area contributed by atoms with Crippen molar-refractivity contribution in [3.63, 3.8) is 0 Å². The van der Waals surface area contributed by atoms with Gasteiger partial charge in [-0.3, -0.25) is 9.78 Å². The molecule has 0 saturated heterocycles. The van der Waals surface area contributed by atoms with Gasteiger partial charge in [0, 0.05) is 11.7 Å². The van der Waals surface area contributed by atoms with E-state index in [2.05, 4.69) is 41.5 Å². The van der Waals surface area contributed by atoms with E-state index in [1.165, 1.54) is 29.6 Å². The van der Waals surface area contributed by atoms with Crippen molar-refractivity contribution in [2.75, 3.05) is 0 Å². The molecule has 0 aliphatic heterocycles. The van der Waals surface area contributed by atoms with Crippen LogP contribution in [0.2, 0.25) is 0 Å². The molecular weight excluding hydrogens is 264 g/mol. The van der Waals surface area contributed by atoms with Crippen molar-refractivity contribution in [3.05, 3.63) is 59.4 Å². The lowest BCUT2D eigenvalue weighted by atomic mass is 10.0. The zero-order chi connectivity index (χ0) is 14.9. The van der Waals surface area contributed by atoms with Gasteiger partial charge in [-0.05, 0) is 37.8 Å². The minimum atomic E-state index is -0.178. The fourth-order valence-electron chi connectivity index (χ4n) is 2.46. The number of nitrogens with one attached hydrogen (secondary N) is 1. The summed E-state index contributed by atoms with van der Waals surface area (Å²) in [5, 5.41) is 12.5. The first kappa shape index (κ1) is 13.6. The number of benzene rings is 1. The van der Waals surface area contributed by atoms with Gasteiger partial charge in [0.15, 0.2) is 0 Å². The number of amides is 1. The largest absolute Gasteiger partial charge is 0.506 e. The van der Waals surface area contributed by atoms with Crippen molar-refractivity contribution in [1.82, 2.24) is 10.3 Å². The average molecular weight is 282 g/mol. The van der Waals surface area contributed by atoms with E-state index in [0.29, 0.717) is 5.56 Å². The van der Waals surface area contributed by atoms with Crippen LogP contribution in [0.1, 0.15) is 34.3 Å². The molecule has 1 aliphatic carbocycles. The minimum absolute atomic E-state index is 0.00558. The molecule has 1 heterocycles. The Hall–Kier alpha value is -2.36. The first-order valence-electron chi connectivity index (χ1n) is 7.08. The van der Waals surface area contributed by atoms with E-state index >= 15 is 0 Å². The maximum atomic E-state index is 12.2. The summed E-state index contributed by atoms with van der Waals surface area (Å²) in [5.74, 6) is -0.172. The minimum Gasteiger partial charge on any atom is -0.506 e. The molecule has 0 bridgehead atoms. The van der Waals surface area contributed by atoms with Crippen molar-refractivity contribution in [2.45, 2.75) is 31.7 Å². The van der Waals surface area contributed by atoms with E-state index in [4.69, 9.17) is 0 Å². The van der Waals surface area contributed by atoms with Crippen molar-refractivity contribution in [2.24, 2.45) is 0 Å². The Morgan fingerprint density at radius 1 is 1.29 bits per heavy atom. The molecule has 1 fully saturated rings. The van der Waals surface area contributed by atoms with Crippen LogP contribution in [0.5, 0.6) is 5.75 Å². The van der Waals surface area contributed by atoms with E-state index in [1.807, 2.05) is 0 Å². The van der Waals surface area contributed by atoms with Gasteiger partial charge in [0.05, 0.1) is 11.8 Å². The zero-order valence-corrected chi connectivity index (χ0v) is 12.0. The highest BCUT2D eigenvalue weighted by Gasteiger charge is 2.44. The molecule has 0 unspecified atom stereocenters. The van der Waals surface area contributed by atoms with Crippen LogP contribution < -0.4 is 5.32 Å². The van der Waals surface area contributed by atoms with Gasteiger partial charge in [0.2, 0.25) is 0 Å². The predicted molar refractivity (Wildman–Crippen MR) is 80.2 cm³/mol. The summed E-state index contributed by atoms with van der Waals surface area (Å²) < 4.78 is 0. The Morgan fingerprint density at radius 2 is 2.00 bits per heavy atom. The number of nitrogens with zero attached hydrogens (tertiary/aromatic N) is 1. The van der Waals surface area contributed by atoms with Crippen LogP contribution in [0.4, 0.5) is 0 Å². The van der Waals surface area contributed by atoms with Gasteiger partial charge in [-0.2, -0.15) is 0 Å². The number of hydrogen-bond donors (Lipinski definition) is 2. The molecule has 4 nitrogen and oxygen atoms in total. The molecule has 1 aromatic carbocycles. The van der Waals surface area contributed by atoms with E-state index in [-0.39, 0.29) is 17.2 Å². The molecule has 3 rings (SSSR count). The van der Waals surface area contributed by atoms with Gasteiger partial charge < -0.3 is 10.4 Å². The summed E-state index contributed by atoms with van der Waals surface area (Å²) in [6, 6.07) is 9.83. The van der Waals surface area contributed by atoms with Gasteiger partial charge in [0.1, 0.15) is 5.75 Å². The molecule has 0 atom stereocenters. The van der Waals surface area contributed by atoms with Crippen LogP contribution in [-0.2, 0) is 6.42 Å². The highest BCUT2D eigenvalue weighted by molar-refractivity contribution is 5.95. The molecule has 0 radical (unpaired) electrons. The highest BCUT2D eigenvalue weighted by Crippen LogP contribution is 2.39. The molecule has 0 spiro atoms. The maximum absolute atomic E-state index is 12.2. The molecule has 1 aliphatic rings. The van der Waals surface area contributed by atoms with Gasteiger partial charge >= 0.3 is 0 Å². The van der Waals surface area contributed by atoms with Crippen LogP contribution in [0.15, 0.2) is 42.7 Å². The molecule has 2 N–H and O–H groups in total. The third kappa shape index (κ3) is 3.21. The quantitative estimate of drug-likeness (QED) is 0.906. The van der Waals surface area contributed by atoms with Crippen LogP contribution in [-0.4, -0.2) is 21.5 Å². The Morgan fingerprint density at radius 3 is 2.62 bits per heavy atom. The van der Waals surface area contributed by atoms with E-state index in [9.17, 15) is 9.90 Å². The van der Waals surface area contributed by atoms with Crippen molar-refractivity contribution < 1.29 is 9.90 Å². The number of aromatic nitrogens is 1. The maximum Gasteiger partial charge on any atom is 0.253 e. The summed E-state index contributed by atoms with van der Waals surface area (Å²) >= 11 is 0. The molecule has 21 heavy (non-hydrogen) atoms. The third-order valence-corrected chi connectivity index (χ3v) is 3.88. The second kappa shape index (κ2) is 5.20. The first-order valence-corrected chi connectivity index (χ1v) is 7.08. The fraction of sp³-hybridized carbons (Fsp3) is 0.294. The number of rotatable bonds is 4. The first-order chi connectivity index (χ1) is 10.1. The van der Waals surface area contributed by atoms with Gasteiger partial charge in [-0.1, -0.05) is 29.8 Å². The Bertz CT molecular complexity index is 661. The second-order valence-corrected chi connectivity index (χ2v) is 5.83. The molecule has 1 saturated carbocycles. The van der Waals surface area contributed by atoms with Gasteiger partial charge in [-0.15, -0.1) is 0 Å². The molecule has 1 amide bonds. The Kier molecular flexibility index (Phi) is 3.37.